The van der Waals surface area contributed by atoms with Gasteiger partial charge < -0.3 is 20.0 Å². The minimum absolute atomic E-state index is 0.134. The fourth-order valence-corrected chi connectivity index (χ4v) is 3.25. The average molecular weight is 304 g/mol. The first kappa shape index (κ1) is 15.5. The van der Waals surface area contributed by atoms with Gasteiger partial charge in [-0.2, -0.15) is 4.98 Å². The Balaban J connectivity index is 1.74. The Kier molecular flexibility index (Phi) is 4.49. The molecule has 0 aliphatic carbocycles. The summed E-state index contributed by atoms with van der Waals surface area (Å²) >= 11 is 0. The van der Waals surface area contributed by atoms with Crippen LogP contribution < -0.4 is 15.1 Å². The van der Waals surface area contributed by atoms with E-state index in [1.54, 1.807) is 0 Å². The van der Waals surface area contributed by atoms with Crippen molar-refractivity contribution in [2.45, 2.75) is 25.8 Å². The van der Waals surface area contributed by atoms with E-state index in [-0.39, 0.29) is 5.54 Å². The van der Waals surface area contributed by atoms with Gasteiger partial charge in [0.15, 0.2) is 0 Å². The van der Waals surface area contributed by atoms with Crippen LogP contribution in [0.1, 0.15) is 20.3 Å². The van der Waals surface area contributed by atoms with E-state index in [1.807, 2.05) is 12.3 Å². The van der Waals surface area contributed by atoms with Crippen LogP contribution in [-0.4, -0.2) is 73.3 Å². The van der Waals surface area contributed by atoms with Gasteiger partial charge in [-0.3, -0.25) is 0 Å². The number of nitrogens with one attached hydrogen (secondary N) is 1. The standard InChI is InChI=1S/C16H28N6/c1-16(2)13-22(10-7-18-16)14-5-6-17-15(19-14)21-9-4-8-20(3)11-12-21/h5-6,18H,4,7-13H2,1-3H3. The topological polar surface area (TPSA) is 47.5 Å². The molecule has 6 nitrogen and oxygen atoms in total. The molecule has 0 saturated carbocycles. The first-order valence-electron chi connectivity index (χ1n) is 8.30. The Bertz CT molecular complexity index is 503. The lowest BCUT2D eigenvalue weighted by Gasteiger charge is -2.39. The number of anilines is 2. The molecular formula is C16H28N6. The number of nitrogens with zero attached hydrogens (tertiary/aromatic N) is 5. The van der Waals surface area contributed by atoms with Gasteiger partial charge in [0.2, 0.25) is 5.95 Å². The van der Waals surface area contributed by atoms with Crippen molar-refractivity contribution in [1.29, 1.82) is 0 Å². The SMILES string of the molecule is CN1CCCN(c2nccc(N3CCNC(C)(C)C3)n2)CC1. The van der Waals surface area contributed by atoms with Gasteiger partial charge in [0.1, 0.15) is 5.82 Å². The zero-order valence-electron chi connectivity index (χ0n) is 14.0. The molecule has 2 fully saturated rings. The van der Waals surface area contributed by atoms with Gasteiger partial charge in [0.05, 0.1) is 0 Å². The second kappa shape index (κ2) is 6.38. The summed E-state index contributed by atoms with van der Waals surface area (Å²) in [5.41, 5.74) is 0.134. The van der Waals surface area contributed by atoms with Crippen molar-refractivity contribution in [3.8, 4) is 0 Å². The molecule has 22 heavy (non-hydrogen) atoms. The Morgan fingerprint density at radius 3 is 2.77 bits per heavy atom. The summed E-state index contributed by atoms with van der Waals surface area (Å²) in [7, 11) is 2.18. The van der Waals surface area contributed by atoms with E-state index in [4.69, 9.17) is 4.98 Å². The molecule has 0 radical (unpaired) electrons. The third-order valence-electron chi connectivity index (χ3n) is 4.53. The molecule has 0 spiro atoms. The second-order valence-corrected chi connectivity index (χ2v) is 7.09. The van der Waals surface area contributed by atoms with E-state index in [2.05, 4.69) is 45.9 Å². The van der Waals surface area contributed by atoms with Crippen LogP contribution in [0.4, 0.5) is 11.8 Å². The quantitative estimate of drug-likeness (QED) is 0.872. The molecule has 0 atom stereocenters. The summed E-state index contributed by atoms with van der Waals surface area (Å²) < 4.78 is 0. The molecule has 1 aromatic heterocycles. The highest BCUT2D eigenvalue weighted by Gasteiger charge is 2.27. The van der Waals surface area contributed by atoms with Crippen molar-refractivity contribution in [3.05, 3.63) is 12.3 Å². The van der Waals surface area contributed by atoms with Crippen molar-refractivity contribution in [1.82, 2.24) is 20.2 Å². The number of hydrogen-bond acceptors (Lipinski definition) is 6. The molecule has 0 amide bonds. The molecule has 0 aromatic carbocycles. The lowest BCUT2D eigenvalue weighted by Crippen LogP contribution is -2.57. The Morgan fingerprint density at radius 2 is 1.95 bits per heavy atom. The van der Waals surface area contributed by atoms with Crippen LogP contribution >= 0.6 is 0 Å². The zero-order valence-corrected chi connectivity index (χ0v) is 14.0. The Hall–Kier alpha value is -1.40. The van der Waals surface area contributed by atoms with Crippen LogP contribution in [0.15, 0.2) is 12.3 Å². The summed E-state index contributed by atoms with van der Waals surface area (Å²) in [6.07, 6.45) is 3.08. The van der Waals surface area contributed by atoms with E-state index < -0.39 is 0 Å². The number of aromatic nitrogens is 2. The van der Waals surface area contributed by atoms with Crippen molar-refractivity contribution >= 4 is 11.8 Å². The molecule has 122 valence electrons. The van der Waals surface area contributed by atoms with Gasteiger partial charge in [-0.1, -0.05) is 0 Å². The molecule has 6 heteroatoms. The molecule has 2 aliphatic rings. The molecule has 2 aliphatic heterocycles. The van der Waals surface area contributed by atoms with E-state index in [0.29, 0.717) is 0 Å². The van der Waals surface area contributed by atoms with Crippen molar-refractivity contribution in [2.24, 2.45) is 0 Å². The fraction of sp³-hybridized carbons (Fsp3) is 0.750. The van der Waals surface area contributed by atoms with Gasteiger partial charge in [-0.25, -0.2) is 4.98 Å². The molecule has 2 saturated heterocycles. The molecule has 3 heterocycles. The minimum Gasteiger partial charge on any atom is -0.353 e. The maximum absolute atomic E-state index is 4.85. The average Bonchev–Trinajstić information content (AvgIpc) is 2.71. The maximum atomic E-state index is 4.85. The lowest BCUT2D eigenvalue weighted by atomic mass is 10.0. The smallest absolute Gasteiger partial charge is 0.227 e. The van der Waals surface area contributed by atoms with Crippen LogP contribution in [0.2, 0.25) is 0 Å². The summed E-state index contributed by atoms with van der Waals surface area (Å²) in [6.45, 7) is 11.7. The predicted octanol–water partition coefficient (Wildman–Crippen LogP) is 0.807. The second-order valence-electron chi connectivity index (χ2n) is 7.09. The third kappa shape index (κ3) is 3.67. The summed E-state index contributed by atoms with van der Waals surface area (Å²) in [5.74, 6) is 1.93. The summed E-state index contributed by atoms with van der Waals surface area (Å²) in [6, 6.07) is 2.04. The highest BCUT2D eigenvalue weighted by atomic mass is 15.3. The summed E-state index contributed by atoms with van der Waals surface area (Å²) in [4.78, 5) is 16.4. The Morgan fingerprint density at radius 1 is 1.09 bits per heavy atom. The molecule has 0 unspecified atom stereocenters. The summed E-state index contributed by atoms with van der Waals surface area (Å²) in [5, 5.41) is 3.55. The van der Waals surface area contributed by atoms with Crippen LogP contribution in [0, 0.1) is 0 Å². The first-order chi connectivity index (χ1) is 10.5. The van der Waals surface area contributed by atoms with Gasteiger partial charge in [-0.15, -0.1) is 0 Å². The molecular weight excluding hydrogens is 276 g/mol. The number of likely N-dealkylation sites (N-methyl/N-ethyl adjacent to an activating group) is 1. The molecule has 1 N–H and O–H groups in total. The van der Waals surface area contributed by atoms with Crippen molar-refractivity contribution in [2.75, 3.05) is 62.7 Å². The van der Waals surface area contributed by atoms with E-state index in [9.17, 15) is 0 Å². The van der Waals surface area contributed by atoms with Crippen LogP contribution in [0.5, 0.6) is 0 Å². The predicted molar refractivity (Wildman–Crippen MR) is 90.7 cm³/mol. The van der Waals surface area contributed by atoms with Gasteiger partial charge in [0, 0.05) is 51.0 Å². The van der Waals surface area contributed by atoms with E-state index >= 15 is 0 Å². The fourth-order valence-electron chi connectivity index (χ4n) is 3.25. The first-order valence-corrected chi connectivity index (χ1v) is 8.30. The maximum Gasteiger partial charge on any atom is 0.227 e. The van der Waals surface area contributed by atoms with Crippen LogP contribution in [0.25, 0.3) is 0 Å². The van der Waals surface area contributed by atoms with Gasteiger partial charge in [0.25, 0.3) is 0 Å². The normalized spacial score (nSPS) is 23.4. The van der Waals surface area contributed by atoms with E-state index in [1.165, 1.54) is 6.42 Å². The van der Waals surface area contributed by atoms with Gasteiger partial charge in [-0.05, 0) is 39.9 Å². The minimum atomic E-state index is 0.134. The monoisotopic (exact) mass is 304 g/mol. The highest BCUT2D eigenvalue weighted by Crippen LogP contribution is 2.20. The lowest BCUT2D eigenvalue weighted by molar-refractivity contribution is 0.351. The number of piperazine rings is 1. The number of hydrogen-bond donors (Lipinski definition) is 1. The van der Waals surface area contributed by atoms with Crippen molar-refractivity contribution < 1.29 is 0 Å². The largest absolute Gasteiger partial charge is 0.353 e. The Labute approximate surface area is 133 Å². The van der Waals surface area contributed by atoms with Crippen LogP contribution in [0.3, 0.4) is 0 Å². The van der Waals surface area contributed by atoms with Crippen molar-refractivity contribution in [3.63, 3.8) is 0 Å². The van der Waals surface area contributed by atoms with Crippen LogP contribution in [-0.2, 0) is 0 Å². The molecule has 1 aromatic rings. The molecule has 0 bridgehead atoms. The third-order valence-corrected chi connectivity index (χ3v) is 4.53. The van der Waals surface area contributed by atoms with Gasteiger partial charge >= 0.3 is 0 Å². The zero-order chi connectivity index (χ0) is 15.6. The van der Waals surface area contributed by atoms with E-state index in [0.717, 1.165) is 57.6 Å². The molecule has 3 rings (SSSR count). The number of rotatable bonds is 2. The highest BCUT2D eigenvalue weighted by molar-refractivity contribution is 5.45.